The van der Waals surface area contributed by atoms with Gasteiger partial charge in [-0.05, 0) is 18.6 Å². The second kappa shape index (κ2) is 2.89. The van der Waals surface area contributed by atoms with Crippen molar-refractivity contribution in [1.82, 2.24) is 4.57 Å². The van der Waals surface area contributed by atoms with Gasteiger partial charge in [0, 0.05) is 18.1 Å². The second-order valence-electron chi connectivity index (χ2n) is 3.37. The summed E-state index contributed by atoms with van der Waals surface area (Å²) in [4.78, 5) is 0. The third-order valence-corrected chi connectivity index (χ3v) is 2.52. The summed E-state index contributed by atoms with van der Waals surface area (Å²) in [7, 11) is 1.99. The number of hydrogen-bond acceptors (Lipinski definition) is 1. The van der Waals surface area contributed by atoms with Crippen LogP contribution in [0.1, 0.15) is 11.3 Å². The number of aromatic nitrogens is 1. The van der Waals surface area contributed by atoms with Crippen LogP contribution >= 0.6 is 0 Å². The molecule has 0 aliphatic carbocycles. The van der Waals surface area contributed by atoms with E-state index in [1.54, 1.807) is 0 Å². The van der Waals surface area contributed by atoms with Crippen molar-refractivity contribution in [2.24, 2.45) is 7.05 Å². The lowest BCUT2D eigenvalue weighted by Crippen LogP contribution is -1.95. The normalized spacial score (nSPS) is 11.0. The molecule has 1 N–H and O–H groups in total. The van der Waals surface area contributed by atoms with Gasteiger partial charge in [0.2, 0.25) is 0 Å². The molecule has 0 saturated heterocycles. The Hall–Kier alpha value is -1.28. The van der Waals surface area contributed by atoms with E-state index in [0.29, 0.717) is 0 Å². The number of rotatable bonds is 1. The molecule has 0 atom stereocenters. The van der Waals surface area contributed by atoms with Crippen molar-refractivity contribution in [2.75, 3.05) is 0 Å². The van der Waals surface area contributed by atoms with Crippen LogP contribution in [0, 0.1) is 6.92 Å². The summed E-state index contributed by atoms with van der Waals surface area (Å²) in [5, 5.41) is 10.3. The van der Waals surface area contributed by atoms with Crippen molar-refractivity contribution in [3.8, 4) is 0 Å². The first kappa shape index (κ1) is 8.32. The third kappa shape index (κ3) is 1.14. The summed E-state index contributed by atoms with van der Waals surface area (Å²) >= 11 is 0. The predicted octanol–water partition coefficient (Wildman–Crippen LogP) is 1.98. The van der Waals surface area contributed by atoms with Crippen LogP contribution in [-0.4, -0.2) is 9.67 Å². The summed E-state index contributed by atoms with van der Waals surface area (Å²) in [6.07, 6.45) is 0. The monoisotopic (exact) mass is 175 g/mol. The molecule has 1 aromatic carbocycles. The molecule has 0 amide bonds. The highest BCUT2D eigenvalue weighted by Gasteiger charge is 2.05. The van der Waals surface area contributed by atoms with E-state index in [4.69, 9.17) is 5.11 Å². The summed E-state index contributed by atoms with van der Waals surface area (Å²) in [5.41, 5.74) is 3.43. The predicted molar refractivity (Wildman–Crippen MR) is 53.6 cm³/mol. The molecule has 2 aromatic rings. The van der Waals surface area contributed by atoms with Crippen LogP contribution in [0.25, 0.3) is 10.9 Å². The maximum absolute atomic E-state index is 9.09. The Labute approximate surface area is 77.4 Å². The van der Waals surface area contributed by atoms with Crippen molar-refractivity contribution in [2.45, 2.75) is 13.5 Å². The Bertz CT molecular complexity index is 443. The minimum atomic E-state index is 0.102. The van der Waals surface area contributed by atoms with Crippen molar-refractivity contribution < 1.29 is 5.11 Å². The lowest BCUT2D eigenvalue weighted by atomic mass is 10.2. The zero-order valence-corrected chi connectivity index (χ0v) is 7.91. The van der Waals surface area contributed by atoms with Gasteiger partial charge in [0.25, 0.3) is 0 Å². The molecule has 0 spiro atoms. The van der Waals surface area contributed by atoms with Gasteiger partial charge in [-0.25, -0.2) is 0 Å². The number of para-hydroxylation sites is 1. The minimum Gasteiger partial charge on any atom is -0.390 e. The van der Waals surface area contributed by atoms with E-state index in [2.05, 4.69) is 19.1 Å². The van der Waals surface area contributed by atoms with E-state index >= 15 is 0 Å². The van der Waals surface area contributed by atoms with E-state index < -0.39 is 0 Å². The molecular formula is C11H13NO. The third-order valence-electron chi connectivity index (χ3n) is 2.52. The first-order valence-corrected chi connectivity index (χ1v) is 4.39. The lowest BCUT2D eigenvalue weighted by Gasteiger charge is -2.02. The molecule has 2 rings (SSSR count). The van der Waals surface area contributed by atoms with Gasteiger partial charge in [0.05, 0.1) is 12.1 Å². The molecule has 1 aromatic heterocycles. The molecule has 0 aliphatic heterocycles. The number of aryl methyl sites for hydroxylation is 2. The van der Waals surface area contributed by atoms with Crippen LogP contribution in [0.4, 0.5) is 0 Å². The maximum Gasteiger partial charge on any atom is 0.0833 e. The second-order valence-corrected chi connectivity index (χ2v) is 3.37. The van der Waals surface area contributed by atoms with Crippen LogP contribution < -0.4 is 0 Å². The zero-order valence-electron chi connectivity index (χ0n) is 7.91. The summed E-state index contributed by atoms with van der Waals surface area (Å²) in [6, 6.07) is 8.23. The van der Waals surface area contributed by atoms with Gasteiger partial charge < -0.3 is 9.67 Å². The Morgan fingerprint density at radius 2 is 2.15 bits per heavy atom. The maximum atomic E-state index is 9.09. The molecule has 0 saturated carbocycles. The summed E-state index contributed by atoms with van der Waals surface area (Å²) in [6.45, 7) is 2.19. The number of aliphatic hydroxyl groups excluding tert-OH is 1. The molecule has 1 heterocycles. The van der Waals surface area contributed by atoms with E-state index in [-0.39, 0.29) is 6.61 Å². The average Bonchev–Trinajstić information content (AvgIpc) is 2.44. The van der Waals surface area contributed by atoms with Gasteiger partial charge in [0.15, 0.2) is 0 Å². The van der Waals surface area contributed by atoms with Gasteiger partial charge in [-0.3, -0.25) is 0 Å². The van der Waals surface area contributed by atoms with E-state index in [1.165, 1.54) is 16.5 Å². The number of fused-ring (bicyclic) bond motifs is 1. The summed E-state index contributed by atoms with van der Waals surface area (Å²) < 4.78 is 2.05. The first-order chi connectivity index (χ1) is 6.24. The number of nitrogens with zero attached hydrogens (tertiary/aromatic N) is 1. The van der Waals surface area contributed by atoms with Gasteiger partial charge in [0.1, 0.15) is 0 Å². The smallest absolute Gasteiger partial charge is 0.0833 e. The molecule has 0 aliphatic rings. The van der Waals surface area contributed by atoms with Gasteiger partial charge >= 0.3 is 0 Å². The molecule has 0 fully saturated rings. The molecule has 2 nitrogen and oxygen atoms in total. The topological polar surface area (TPSA) is 25.2 Å². The van der Waals surface area contributed by atoms with Gasteiger partial charge in [-0.15, -0.1) is 0 Å². The molecule has 13 heavy (non-hydrogen) atoms. The highest BCUT2D eigenvalue weighted by molar-refractivity contribution is 5.84. The zero-order chi connectivity index (χ0) is 9.42. The van der Waals surface area contributed by atoms with Crippen LogP contribution in [-0.2, 0) is 13.7 Å². The number of aliphatic hydroxyl groups is 1. The summed E-state index contributed by atoms with van der Waals surface area (Å²) in [5.74, 6) is 0. The van der Waals surface area contributed by atoms with Crippen LogP contribution in [0.15, 0.2) is 24.3 Å². The molecule has 0 bridgehead atoms. The highest BCUT2D eigenvalue weighted by atomic mass is 16.3. The molecule has 0 unspecified atom stereocenters. The van der Waals surface area contributed by atoms with Crippen LogP contribution in [0.5, 0.6) is 0 Å². The molecule has 68 valence electrons. The van der Waals surface area contributed by atoms with Crippen molar-refractivity contribution >= 4 is 10.9 Å². The molecule has 2 heteroatoms. The Balaban J connectivity index is 2.85. The Kier molecular flexibility index (Phi) is 1.85. The largest absolute Gasteiger partial charge is 0.390 e. The minimum absolute atomic E-state index is 0.102. The van der Waals surface area contributed by atoms with Crippen LogP contribution in [0.3, 0.4) is 0 Å². The van der Waals surface area contributed by atoms with E-state index in [1.807, 2.05) is 23.7 Å². The van der Waals surface area contributed by atoms with Gasteiger partial charge in [-0.2, -0.15) is 0 Å². The Morgan fingerprint density at radius 3 is 2.77 bits per heavy atom. The molecule has 0 radical (unpaired) electrons. The Morgan fingerprint density at radius 1 is 1.38 bits per heavy atom. The van der Waals surface area contributed by atoms with Crippen molar-refractivity contribution in [3.63, 3.8) is 0 Å². The number of hydrogen-bond donors (Lipinski definition) is 1. The SMILES string of the molecule is Cc1cccc2cc(CO)n(C)c12. The lowest BCUT2D eigenvalue weighted by molar-refractivity contribution is 0.273. The number of benzene rings is 1. The quantitative estimate of drug-likeness (QED) is 0.704. The fourth-order valence-corrected chi connectivity index (χ4v) is 1.83. The van der Waals surface area contributed by atoms with Crippen molar-refractivity contribution in [3.05, 3.63) is 35.5 Å². The first-order valence-electron chi connectivity index (χ1n) is 4.39. The van der Waals surface area contributed by atoms with E-state index in [9.17, 15) is 0 Å². The van der Waals surface area contributed by atoms with E-state index in [0.717, 1.165) is 5.69 Å². The highest BCUT2D eigenvalue weighted by Crippen LogP contribution is 2.21. The molecular weight excluding hydrogens is 162 g/mol. The van der Waals surface area contributed by atoms with Crippen LogP contribution in [0.2, 0.25) is 0 Å². The average molecular weight is 175 g/mol. The van der Waals surface area contributed by atoms with Crippen molar-refractivity contribution in [1.29, 1.82) is 0 Å². The standard InChI is InChI=1S/C11H13NO/c1-8-4-3-5-9-6-10(7-13)12(2)11(8)9/h3-6,13H,7H2,1-2H3. The van der Waals surface area contributed by atoms with Gasteiger partial charge in [-0.1, -0.05) is 18.2 Å². The fraction of sp³-hybridized carbons (Fsp3) is 0.273. The fourth-order valence-electron chi connectivity index (χ4n) is 1.83.